The molecule has 0 heterocycles. The Hall–Kier alpha value is -1.35. The summed E-state index contributed by atoms with van der Waals surface area (Å²) in [6.07, 6.45) is -6.48. The van der Waals surface area contributed by atoms with Gasteiger partial charge in [-0.3, -0.25) is 9.59 Å². The molecule has 0 aliphatic heterocycles. The second kappa shape index (κ2) is 8.75. The Kier molecular flexibility index (Phi) is 8.16. The number of hydrogen-bond donors (Lipinski definition) is 5. The number of hydrogen-bond acceptors (Lipinski definition) is 7. The molecular weight excluding hydrogens is 270 g/mol. The predicted octanol–water partition coefficient (Wildman–Crippen LogP) is -2.64. The summed E-state index contributed by atoms with van der Waals surface area (Å²) >= 11 is 0. The molecule has 0 spiro atoms. The monoisotopic (exact) mass is 291 g/mol. The SMILES string of the molecule is CC(=O)[C@@H](O)[C@@H](O)[C@H](O)[C@@H](O)CNC(=O)C[C@H](C)C=O. The van der Waals surface area contributed by atoms with Crippen molar-refractivity contribution >= 4 is 18.0 Å². The van der Waals surface area contributed by atoms with Gasteiger partial charge in [-0.15, -0.1) is 0 Å². The van der Waals surface area contributed by atoms with E-state index in [4.69, 9.17) is 0 Å². The Balaban J connectivity index is 4.26. The molecule has 1 amide bonds. The van der Waals surface area contributed by atoms with Gasteiger partial charge in [0.2, 0.25) is 5.91 Å². The lowest BCUT2D eigenvalue weighted by Gasteiger charge is -2.25. The van der Waals surface area contributed by atoms with Gasteiger partial charge >= 0.3 is 0 Å². The maximum Gasteiger partial charge on any atom is 0.220 e. The van der Waals surface area contributed by atoms with Crippen LogP contribution in [0.3, 0.4) is 0 Å². The lowest BCUT2D eigenvalue weighted by Crippen LogP contribution is -2.50. The van der Waals surface area contributed by atoms with E-state index in [0.717, 1.165) is 6.92 Å². The number of ketones is 1. The highest BCUT2D eigenvalue weighted by atomic mass is 16.4. The van der Waals surface area contributed by atoms with Gasteiger partial charge in [0.15, 0.2) is 5.78 Å². The van der Waals surface area contributed by atoms with Crippen molar-refractivity contribution in [2.75, 3.05) is 6.54 Å². The van der Waals surface area contributed by atoms with Gasteiger partial charge in [0.25, 0.3) is 0 Å². The first kappa shape index (κ1) is 18.7. The number of Topliss-reactive ketones (excluding diaryl/α,β-unsaturated/α-hetero) is 1. The molecule has 5 atom stereocenters. The molecule has 0 aromatic heterocycles. The highest BCUT2D eigenvalue weighted by Gasteiger charge is 2.32. The first-order valence-electron chi connectivity index (χ1n) is 6.15. The van der Waals surface area contributed by atoms with E-state index in [9.17, 15) is 34.8 Å². The molecule has 0 aliphatic carbocycles. The molecule has 0 bridgehead atoms. The van der Waals surface area contributed by atoms with Crippen LogP contribution < -0.4 is 5.32 Å². The summed E-state index contributed by atoms with van der Waals surface area (Å²) in [4.78, 5) is 32.5. The van der Waals surface area contributed by atoms with Crippen molar-refractivity contribution in [3.05, 3.63) is 0 Å². The van der Waals surface area contributed by atoms with Gasteiger partial charge < -0.3 is 30.5 Å². The number of aldehydes is 1. The third-order valence-electron chi connectivity index (χ3n) is 2.73. The van der Waals surface area contributed by atoms with Crippen LogP contribution in [0.5, 0.6) is 0 Å². The second-order valence-electron chi connectivity index (χ2n) is 4.73. The van der Waals surface area contributed by atoms with Gasteiger partial charge in [0, 0.05) is 18.9 Å². The molecule has 0 saturated heterocycles. The first-order chi connectivity index (χ1) is 9.20. The molecule has 0 saturated carbocycles. The minimum Gasteiger partial charge on any atom is -0.388 e. The first-order valence-corrected chi connectivity index (χ1v) is 6.15. The molecule has 0 radical (unpaired) electrons. The Labute approximate surface area is 116 Å². The smallest absolute Gasteiger partial charge is 0.220 e. The van der Waals surface area contributed by atoms with Gasteiger partial charge in [0.1, 0.15) is 24.6 Å². The van der Waals surface area contributed by atoms with Crippen molar-refractivity contribution in [1.82, 2.24) is 5.32 Å². The number of carbonyl (C=O) groups excluding carboxylic acids is 3. The highest BCUT2D eigenvalue weighted by molar-refractivity contribution is 5.81. The summed E-state index contributed by atoms with van der Waals surface area (Å²) in [5.74, 6) is -1.73. The van der Waals surface area contributed by atoms with E-state index in [1.807, 2.05) is 0 Å². The van der Waals surface area contributed by atoms with Crippen LogP contribution in [-0.2, 0) is 14.4 Å². The maximum atomic E-state index is 11.3. The van der Waals surface area contributed by atoms with Crippen LogP contribution in [-0.4, -0.2) is 69.4 Å². The van der Waals surface area contributed by atoms with E-state index in [1.54, 1.807) is 6.92 Å². The van der Waals surface area contributed by atoms with Crippen LogP contribution in [0.25, 0.3) is 0 Å². The minimum atomic E-state index is -1.85. The molecule has 116 valence electrons. The number of amides is 1. The largest absolute Gasteiger partial charge is 0.388 e. The average Bonchev–Trinajstić information content (AvgIpc) is 2.41. The normalized spacial score (nSPS) is 18.5. The number of aliphatic hydroxyl groups excluding tert-OH is 4. The Morgan fingerprint density at radius 2 is 1.70 bits per heavy atom. The summed E-state index contributed by atoms with van der Waals surface area (Å²) in [6.45, 7) is 2.19. The van der Waals surface area contributed by atoms with Crippen LogP contribution in [0.15, 0.2) is 0 Å². The van der Waals surface area contributed by atoms with Crippen molar-refractivity contribution in [2.45, 2.75) is 44.7 Å². The van der Waals surface area contributed by atoms with Crippen LogP contribution in [0.2, 0.25) is 0 Å². The van der Waals surface area contributed by atoms with E-state index in [-0.39, 0.29) is 13.0 Å². The average molecular weight is 291 g/mol. The summed E-state index contributed by atoms with van der Waals surface area (Å²) in [5, 5.41) is 40.0. The maximum absolute atomic E-state index is 11.3. The van der Waals surface area contributed by atoms with Crippen LogP contribution in [0.1, 0.15) is 20.3 Å². The molecule has 20 heavy (non-hydrogen) atoms. The molecular formula is C12H21NO7. The molecule has 0 aliphatic rings. The van der Waals surface area contributed by atoms with E-state index >= 15 is 0 Å². The van der Waals surface area contributed by atoms with Gasteiger partial charge in [-0.25, -0.2) is 0 Å². The zero-order chi connectivity index (χ0) is 15.9. The molecule has 0 rings (SSSR count). The summed E-state index contributed by atoms with van der Waals surface area (Å²) in [5.41, 5.74) is 0. The van der Waals surface area contributed by atoms with E-state index in [0.29, 0.717) is 6.29 Å². The summed E-state index contributed by atoms with van der Waals surface area (Å²) in [6, 6.07) is 0. The predicted molar refractivity (Wildman–Crippen MR) is 67.6 cm³/mol. The summed E-state index contributed by atoms with van der Waals surface area (Å²) in [7, 11) is 0. The highest BCUT2D eigenvalue weighted by Crippen LogP contribution is 2.06. The topological polar surface area (TPSA) is 144 Å². The lowest BCUT2D eigenvalue weighted by atomic mass is 10.0. The third kappa shape index (κ3) is 6.20. The molecule has 0 aromatic rings. The lowest BCUT2D eigenvalue weighted by molar-refractivity contribution is -0.143. The Bertz CT molecular complexity index is 347. The number of carbonyl (C=O) groups is 3. The second-order valence-corrected chi connectivity index (χ2v) is 4.73. The fourth-order valence-electron chi connectivity index (χ4n) is 1.41. The van der Waals surface area contributed by atoms with Gasteiger partial charge in [0.05, 0.1) is 6.10 Å². The Morgan fingerprint density at radius 1 is 1.15 bits per heavy atom. The van der Waals surface area contributed by atoms with Crippen molar-refractivity contribution in [2.24, 2.45) is 5.92 Å². The quantitative estimate of drug-likeness (QED) is 0.292. The van der Waals surface area contributed by atoms with Crippen LogP contribution >= 0.6 is 0 Å². The van der Waals surface area contributed by atoms with Crippen LogP contribution in [0.4, 0.5) is 0 Å². The summed E-state index contributed by atoms with van der Waals surface area (Å²) < 4.78 is 0. The van der Waals surface area contributed by atoms with E-state index < -0.39 is 42.0 Å². The van der Waals surface area contributed by atoms with Crippen molar-refractivity contribution in [3.63, 3.8) is 0 Å². The van der Waals surface area contributed by atoms with Gasteiger partial charge in [-0.2, -0.15) is 0 Å². The number of rotatable bonds is 9. The zero-order valence-electron chi connectivity index (χ0n) is 11.4. The third-order valence-corrected chi connectivity index (χ3v) is 2.73. The van der Waals surface area contributed by atoms with Gasteiger partial charge in [-0.1, -0.05) is 6.92 Å². The molecule has 8 nitrogen and oxygen atoms in total. The molecule has 0 aromatic carbocycles. The molecule has 5 N–H and O–H groups in total. The van der Waals surface area contributed by atoms with E-state index in [1.165, 1.54) is 0 Å². The van der Waals surface area contributed by atoms with Gasteiger partial charge in [-0.05, 0) is 6.92 Å². The fraction of sp³-hybridized carbons (Fsp3) is 0.750. The Morgan fingerprint density at radius 3 is 2.15 bits per heavy atom. The number of nitrogens with one attached hydrogen (secondary N) is 1. The molecule has 0 fully saturated rings. The number of aliphatic hydroxyl groups is 4. The fourth-order valence-corrected chi connectivity index (χ4v) is 1.41. The van der Waals surface area contributed by atoms with Crippen molar-refractivity contribution < 1.29 is 34.8 Å². The van der Waals surface area contributed by atoms with Crippen molar-refractivity contribution in [1.29, 1.82) is 0 Å². The van der Waals surface area contributed by atoms with E-state index in [2.05, 4.69) is 5.32 Å². The minimum absolute atomic E-state index is 0.0645. The van der Waals surface area contributed by atoms with Crippen LogP contribution in [0, 0.1) is 5.92 Å². The standard InChI is InChI=1S/C12H21NO7/c1-6(5-14)3-9(17)13-4-8(16)11(19)12(20)10(18)7(2)15/h5-6,8,10-12,16,18-20H,3-4H2,1-2H3,(H,13,17)/t6-,8-,10+,11+,12+/m0/s1. The zero-order valence-corrected chi connectivity index (χ0v) is 11.4. The molecule has 0 unspecified atom stereocenters. The molecule has 8 heteroatoms. The van der Waals surface area contributed by atoms with Crippen molar-refractivity contribution in [3.8, 4) is 0 Å².